The van der Waals surface area contributed by atoms with Crippen molar-refractivity contribution in [1.29, 1.82) is 0 Å². The van der Waals surface area contributed by atoms with Gasteiger partial charge in [0.15, 0.2) is 11.6 Å². The van der Waals surface area contributed by atoms with Crippen LogP contribution >= 0.6 is 0 Å². The van der Waals surface area contributed by atoms with Crippen molar-refractivity contribution in [2.75, 3.05) is 13.2 Å². The minimum absolute atomic E-state index is 0.224. The predicted octanol–water partition coefficient (Wildman–Crippen LogP) is 1.77. The molecule has 0 fully saturated rings. The highest BCUT2D eigenvalue weighted by atomic mass is 19.2. The summed E-state index contributed by atoms with van der Waals surface area (Å²) in [6.45, 7) is 3.00. The van der Waals surface area contributed by atoms with Gasteiger partial charge in [-0.05, 0) is 24.5 Å². The van der Waals surface area contributed by atoms with Crippen molar-refractivity contribution in [3.8, 4) is 0 Å². The van der Waals surface area contributed by atoms with Crippen LogP contribution in [0.2, 0.25) is 0 Å². The van der Waals surface area contributed by atoms with E-state index >= 15 is 0 Å². The summed E-state index contributed by atoms with van der Waals surface area (Å²) in [7, 11) is 0. The zero-order valence-corrected chi connectivity index (χ0v) is 9.88. The van der Waals surface area contributed by atoms with E-state index in [1.807, 2.05) is 6.92 Å². The number of benzene rings is 1. The summed E-state index contributed by atoms with van der Waals surface area (Å²) in [5.41, 5.74) is 2.84. The number of nitrogens with two attached hydrogens (primary N) is 1. The summed E-state index contributed by atoms with van der Waals surface area (Å²) in [6, 6.07) is 3.89. The summed E-state index contributed by atoms with van der Waals surface area (Å²) in [5, 5.41) is 0. The van der Waals surface area contributed by atoms with Crippen LogP contribution in [-0.2, 0) is 11.2 Å². The first kappa shape index (κ1) is 14.0. The van der Waals surface area contributed by atoms with Crippen LogP contribution in [0.25, 0.3) is 0 Å². The number of hydrogen-bond acceptors (Lipinski definition) is 3. The molecule has 0 amide bonds. The summed E-state index contributed by atoms with van der Waals surface area (Å²) in [5.74, 6) is 3.69. The molecule has 1 atom stereocenters. The van der Waals surface area contributed by atoms with Gasteiger partial charge in [0, 0.05) is 12.6 Å². The molecule has 1 aromatic carbocycles. The largest absolute Gasteiger partial charge is 0.380 e. The molecule has 0 radical (unpaired) electrons. The van der Waals surface area contributed by atoms with E-state index in [4.69, 9.17) is 10.6 Å². The van der Waals surface area contributed by atoms with Crippen molar-refractivity contribution in [3.05, 3.63) is 35.4 Å². The van der Waals surface area contributed by atoms with E-state index in [0.29, 0.717) is 25.2 Å². The molecule has 0 aromatic heterocycles. The van der Waals surface area contributed by atoms with E-state index in [-0.39, 0.29) is 6.04 Å². The van der Waals surface area contributed by atoms with Gasteiger partial charge in [-0.1, -0.05) is 19.1 Å². The summed E-state index contributed by atoms with van der Waals surface area (Å²) >= 11 is 0. The second-order valence-electron chi connectivity index (χ2n) is 3.86. The Morgan fingerprint density at radius 1 is 1.41 bits per heavy atom. The first-order chi connectivity index (χ1) is 8.19. The molecule has 0 heterocycles. The van der Waals surface area contributed by atoms with E-state index in [9.17, 15) is 8.78 Å². The van der Waals surface area contributed by atoms with Gasteiger partial charge < -0.3 is 4.74 Å². The SMILES string of the molecule is CCCOCC(Cc1cccc(F)c1F)NN. The van der Waals surface area contributed by atoms with Crippen molar-refractivity contribution in [2.45, 2.75) is 25.8 Å². The third kappa shape index (κ3) is 4.38. The van der Waals surface area contributed by atoms with Crippen molar-refractivity contribution < 1.29 is 13.5 Å². The van der Waals surface area contributed by atoms with Gasteiger partial charge in [-0.2, -0.15) is 0 Å². The van der Waals surface area contributed by atoms with Gasteiger partial charge in [0.1, 0.15) is 0 Å². The molecule has 0 bridgehead atoms. The molecule has 0 spiro atoms. The molecule has 17 heavy (non-hydrogen) atoms. The van der Waals surface area contributed by atoms with Gasteiger partial charge in [-0.3, -0.25) is 11.3 Å². The lowest BCUT2D eigenvalue weighted by atomic mass is 10.1. The van der Waals surface area contributed by atoms with Gasteiger partial charge in [0.25, 0.3) is 0 Å². The Bertz CT molecular complexity index is 347. The van der Waals surface area contributed by atoms with Crippen molar-refractivity contribution >= 4 is 0 Å². The first-order valence-corrected chi connectivity index (χ1v) is 5.65. The van der Waals surface area contributed by atoms with E-state index in [1.165, 1.54) is 6.07 Å². The molecular weight excluding hydrogens is 226 g/mol. The molecule has 0 saturated heterocycles. The van der Waals surface area contributed by atoms with Gasteiger partial charge in [-0.25, -0.2) is 8.78 Å². The lowest BCUT2D eigenvalue weighted by molar-refractivity contribution is 0.111. The minimum Gasteiger partial charge on any atom is -0.380 e. The van der Waals surface area contributed by atoms with Crippen molar-refractivity contribution in [1.82, 2.24) is 5.43 Å². The molecule has 5 heteroatoms. The van der Waals surface area contributed by atoms with E-state index in [0.717, 1.165) is 12.5 Å². The quantitative estimate of drug-likeness (QED) is 0.436. The molecule has 0 aliphatic carbocycles. The lowest BCUT2D eigenvalue weighted by Gasteiger charge is -2.16. The first-order valence-electron chi connectivity index (χ1n) is 5.65. The number of hydrazine groups is 1. The summed E-state index contributed by atoms with van der Waals surface area (Å²) < 4.78 is 31.7. The molecule has 0 saturated carbocycles. The Hall–Kier alpha value is -1.04. The second-order valence-corrected chi connectivity index (χ2v) is 3.86. The normalized spacial score (nSPS) is 12.7. The highest BCUT2D eigenvalue weighted by Gasteiger charge is 2.13. The average molecular weight is 244 g/mol. The molecular formula is C12H18F2N2O. The zero-order chi connectivity index (χ0) is 12.7. The molecule has 1 aromatic rings. The van der Waals surface area contributed by atoms with Crippen LogP contribution in [0.15, 0.2) is 18.2 Å². The lowest BCUT2D eigenvalue weighted by Crippen LogP contribution is -2.40. The smallest absolute Gasteiger partial charge is 0.162 e. The second kappa shape index (κ2) is 7.32. The third-order valence-electron chi connectivity index (χ3n) is 2.40. The average Bonchev–Trinajstić information content (AvgIpc) is 2.33. The Labute approximate surface area is 99.9 Å². The number of nitrogens with one attached hydrogen (secondary N) is 1. The zero-order valence-electron chi connectivity index (χ0n) is 9.88. The predicted molar refractivity (Wildman–Crippen MR) is 62.3 cm³/mol. The van der Waals surface area contributed by atoms with Gasteiger partial charge in [0.2, 0.25) is 0 Å². The number of hydrogen-bond donors (Lipinski definition) is 2. The summed E-state index contributed by atoms with van der Waals surface area (Å²) in [6.07, 6.45) is 1.20. The fourth-order valence-corrected chi connectivity index (χ4v) is 1.51. The molecule has 0 aliphatic rings. The van der Waals surface area contributed by atoms with Crippen molar-refractivity contribution in [3.63, 3.8) is 0 Å². The topological polar surface area (TPSA) is 47.3 Å². The van der Waals surface area contributed by atoms with Gasteiger partial charge in [-0.15, -0.1) is 0 Å². The van der Waals surface area contributed by atoms with E-state index in [2.05, 4.69) is 5.43 Å². The number of halogens is 2. The fraction of sp³-hybridized carbons (Fsp3) is 0.500. The number of rotatable bonds is 7. The van der Waals surface area contributed by atoms with Crippen molar-refractivity contribution in [2.24, 2.45) is 5.84 Å². The Kier molecular flexibility index (Phi) is 6.04. The maximum atomic E-state index is 13.4. The Balaban J connectivity index is 2.57. The van der Waals surface area contributed by atoms with Crippen LogP contribution in [0.1, 0.15) is 18.9 Å². The molecule has 3 N–H and O–H groups in total. The fourth-order valence-electron chi connectivity index (χ4n) is 1.51. The molecule has 0 aliphatic heterocycles. The third-order valence-corrected chi connectivity index (χ3v) is 2.40. The standard InChI is InChI=1S/C12H18F2N2O/c1-2-6-17-8-10(16-15)7-9-4-3-5-11(13)12(9)14/h3-5,10,16H,2,6-8,15H2,1H3. The van der Waals surface area contributed by atoms with E-state index in [1.54, 1.807) is 6.07 Å². The van der Waals surface area contributed by atoms with Crippen LogP contribution in [0.5, 0.6) is 0 Å². The molecule has 3 nitrogen and oxygen atoms in total. The monoisotopic (exact) mass is 244 g/mol. The summed E-state index contributed by atoms with van der Waals surface area (Å²) in [4.78, 5) is 0. The number of ether oxygens (including phenoxy) is 1. The van der Waals surface area contributed by atoms with Crippen LogP contribution in [0, 0.1) is 11.6 Å². The van der Waals surface area contributed by atoms with Gasteiger partial charge >= 0.3 is 0 Å². The van der Waals surface area contributed by atoms with Crippen LogP contribution < -0.4 is 11.3 Å². The highest BCUT2D eigenvalue weighted by molar-refractivity contribution is 5.20. The van der Waals surface area contributed by atoms with Crippen LogP contribution in [-0.4, -0.2) is 19.3 Å². The van der Waals surface area contributed by atoms with Crippen LogP contribution in [0.3, 0.4) is 0 Å². The molecule has 1 unspecified atom stereocenters. The maximum absolute atomic E-state index is 13.4. The molecule has 96 valence electrons. The molecule has 1 rings (SSSR count). The maximum Gasteiger partial charge on any atom is 0.162 e. The minimum atomic E-state index is -0.840. The van der Waals surface area contributed by atoms with E-state index < -0.39 is 11.6 Å². The Morgan fingerprint density at radius 2 is 2.18 bits per heavy atom. The van der Waals surface area contributed by atoms with Crippen LogP contribution in [0.4, 0.5) is 8.78 Å². The van der Waals surface area contributed by atoms with Gasteiger partial charge in [0.05, 0.1) is 6.61 Å². The highest BCUT2D eigenvalue weighted by Crippen LogP contribution is 2.13. The Morgan fingerprint density at radius 3 is 2.82 bits per heavy atom.